The van der Waals surface area contributed by atoms with Crippen LogP contribution in [0.25, 0.3) is 0 Å². The van der Waals surface area contributed by atoms with Crippen LogP contribution in [0.2, 0.25) is 0 Å². The second kappa shape index (κ2) is 48.5. The summed E-state index contributed by atoms with van der Waals surface area (Å²) in [6.45, 7) is -6.76. The van der Waals surface area contributed by atoms with Gasteiger partial charge < -0.3 is 265 Å². The summed E-state index contributed by atoms with van der Waals surface area (Å²) in [5.41, 5.74) is 0. The van der Waals surface area contributed by atoms with Crippen LogP contribution in [0.5, 0.6) is 0 Å². The van der Waals surface area contributed by atoms with Gasteiger partial charge in [0.15, 0.2) is 56.6 Å². The lowest BCUT2D eigenvalue weighted by molar-refractivity contribution is -0.407. The number of aliphatic carboxylic acids is 1. The van der Waals surface area contributed by atoms with E-state index in [9.17, 15) is 177 Å². The minimum atomic E-state index is -3.12. The minimum absolute atomic E-state index is 0.831. The Morgan fingerprint density at radius 2 is 0.615 bits per heavy atom. The number of ether oxygens (including phenoxy) is 19. The topological polar surface area (TPSA) is 933 Å². The Morgan fingerprint density at radius 3 is 1.03 bits per heavy atom. The molecule has 10 fully saturated rings. The minimum Gasteiger partial charge on any atom is -0.477 e. The second-order valence-electron chi connectivity index (χ2n) is 33.9. The number of aliphatic hydroxyl groups is 27. The summed E-state index contributed by atoms with van der Waals surface area (Å²) < 4.78 is 115. The van der Waals surface area contributed by atoms with Crippen molar-refractivity contribution in [2.45, 2.75) is 360 Å². The standard InChI is InChI=1S/C75H124N6O54/c1-18(90)76-35-24(96)7-75(74(115)116,135-61(35)41(98)25(97)8-82)118-17-33-46(103)52(109)55(112)70(126-33)129-58-31(14-88)125-69(40(51(58)108)81-23(6)95)133-63-53(110)44(101)28(11-85)122-72(63)117-16-34-60(131-66-37(78-20(3)92)47(104)42(99)26(9-83)120-66)62(132-73-64(54(111)45(102)29(12-86)123-73)134-67-38(79-21(4)93)48(105)43(100)27(10-84)121-67)56(113)71(127-34)130-59-32(15-89)124-68(39(50(59)107)80-22(5)94)128-57-30(13-87)119-65(114)36(49(57)106)77-19(2)91/h24-73,82-89,96-114H,7-17H2,1-6H3,(H,76,90)(H,77,91)(H,78,92)(H,79,93)(H,80,94)(H,81,95)(H,115,116)/t24-,25+,26+,27+,28+,29+,30+,31+,32+,33+,34+,35+,36+,37+,38+,39+,40+,41+,42+,43+,44+,45+,46-,47+,48+,49+,50+,51+,52-,53-,54-,55+,56-,57+,58+,59+,60+,61+,62+,63-,64-,65+,66-,67-,68-,69-,70-,71-,72-,73+,75+/m0/s1. The molecule has 0 saturated carbocycles. The Bertz CT molecular complexity index is 3820. The Hall–Kier alpha value is -5.55. The van der Waals surface area contributed by atoms with Crippen molar-refractivity contribution in [2.24, 2.45) is 0 Å². The van der Waals surface area contributed by atoms with Gasteiger partial charge >= 0.3 is 5.97 Å². The van der Waals surface area contributed by atoms with Gasteiger partial charge in [-0.25, -0.2) is 4.79 Å². The molecule has 0 radical (unpaired) electrons. The number of hydrogen-bond donors (Lipinski definition) is 34. The van der Waals surface area contributed by atoms with Crippen LogP contribution in [0, 0.1) is 0 Å². The average molecular weight is 1970 g/mol. The molecule has 0 aromatic rings. The molecule has 34 N–H and O–H groups in total. The largest absolute Gasteiger partial charge is 0.477 e. The predicted molar refractivity (Wildman–Crippen MR) is 416 cm³/mol. The Labute approximate surface area is 764 Å². The van der Waals surface area contributed by atoms with Crippen molar-refractivity contribution in [3.8, 4) is 0 Å². The smallest absolute Gasteiger partial charge is 0.364 e. The maximum absolute atomic E-state index is 13.3. The fourth-order valence-corrected chi connectivity index (χ4v) is 17.3. The van der Waals surface area contributed by atoms with Gasteiger partial charge in [-0.3, -0.25) is 28.8 Å². The van der Waals surface area contributed by atoms with Gasteiger partial charge in [-0.2, -0.15) is 0 Å². The number of amides is 6. The van der Waals surface area contributed by atoms with E-state index in [4.69, 9.17) is 90.0 Å². The third-order valence-electron chi connectivity index (χ3n) is 24.3. The van der Waals surface area contributed by atoms with Crippen molar-refractivity contribution in [1.82, 2.24) is 31.9 Å². The number of carbonyl (C=O) groups excluding carboxylic acids is 6. The number of rotatable bonds is 37. The maximum Gasteiger partial charge on any atom is 0.364 e. The van der Waals surface area contributed by atoms with Gasteiger partial charge in [-0.1, -0.05) is 0 Å². The molecule has 10 aliphatic heterocycles. The normalized spacial score (nSPS) is 46.4. The zero-order valence-electron chi connectivity index (χ0n) is 72.8. The van der Waals surface area contributed by atoms with E-state index in [1.807, 2.05) is 0 Å². The van der Waals surface area contributed by atoms with Crippen LogP contribution in [0.1, 0.15) is 48.0 Å². The zero-order chi connectivity index (χ0) is 99.9. The number of nitrogens with one attached hydrogen (secondary N) is 6. The van der Waals surface area contributed by atoms with Crippen LogP contribution in [0.4, 0.5) is 0 Å². The summed E-state index contributed by atoms with van der Waals surface area (Å²) in [7, 11) is 0. The molecule has 51 atom stereocenters. The summed E-state index contributed by atoms with van der Waals surface area (Å²) in [5, 5.41) is 330. The molecule has 0 spiro atoms. The molecule has 0 aliphatic carbocycles. The van der Waals surface area contributed by atoms with Gasteiger partial charge in [0.25, 0.3) is 5.79 Å². The highest BCUT2D eigenvalue weighted by Gasteiger charge is 2.64. The molecular weight excluding hydrogens is 1850 g/mol. The van der Waals surface area contributed by atoms with Gasteiger partial charge in [0, 0.05) is 48.0 Å². The monoisotopic (exact) mass is 1970 g/mol. The zero-order valence-corrected chi connectivity index (χ0v) is 72.8. The Balaban J connectivity index is 1.04. The highest BCUT2D eigenvalue weighted by molar-refractivity contribution is 5.77. The van der Waals surface area contributed by atoms with Crippen molar-refractivity contribution in [3.05, 3.63) is 0 Å². The number of aliphatic hydroxyl groups excluding tert-OH is 27. The number of carboxylic acid groups (broad SMARTS) is 1. The molecule has 10 aliphatic rings. The van der Waals surface area contributed by atoms with Crippen LogP contribution in [0.15, 0.2) is 0 Å². The van der Waals surface area contributed by atoms with Gasteiger partial charge in [0.2, 0.25) is 35.4 Å². The lowest BCUT2D eigenvalue weighted by Crippen LogP contribution is -2.71. The van der Waals surface area contributed by atoms with Crippen molar-refractivity contribution in [3.63, 3.8) is 0 Å². The highest BCUT2D eigenvalue weighted by atomic mass is 16.8. The molecule has 60 heteroatoms. The molecule has 10 heterocycles. The first-order valence-corrected chi connectivity index (χ1v) is 42.7. The van der Waals surface area contributed by atoms with E-state index < -0.39 is 426 Å². The maximum atomic E-state index is 13.3. The first kappa shape index (κ1) is 111. The van der Waals surface area contributed by atoms with Gasteiger partial charge in [0.05, 0.1) is 78.2 Å². The molecule has 0 unspecified atom stereocenters. The van der Waals surface area contributed by atoms with Gasteiger partial charge in [0.1, 0.15) is 238 Å². The van der Waals surface area contributed by atoms with Crippen LogP contribution < -0.4 is 31.9 Å². The quantitative estimate of drug-likeness (QED) is 0.0275. The Kier molecular flexibility index (Phi) is 40.0. The molecule has 0 bridgehead atoms. The lowest BCUT2D eigenvalue weighted by atomic mass is 9.88. The third kappa shape index (κ3) is 25.2. The number of carbonyl (C=O) groups is 7. The van der Waals surface area contributed by atoms with Crippen LogP contribution in [0.3, 0.4) is 0 Å². The molecule has 10 saturated heterocycles. The molecule has 778 valence electrons. The van der Waals surface area contributed by atoms with Gasteiger partial charge in [-0.15, -0.1) is 0 Å². The lowest BCUT2D eigenvalue weighted by Gasteiger charge is -2.52. The summed E-state index contributed by atoms with van der Waals surface area (Å²) in [4.78, 5) is 90.1. The van der Waals surface area contributed by atoms with Crippen LogP contribution in [-0.4, -0.2) is 563 Å². The number of hydrogen-bond acceptors (Lipinski definition) is 53. The van der Waals surface area contributed by atoms with Crippen LogP contribution in [-0.2, 0) is 124 Å². The van der Waals surface area contributed by atoms with E-state index in [1.54, 1.807) is 0 Å². The first-order chi connectivity index (χ1) is 63.7. The van der Waals surface area contributed by atoms with E-state index in [0.717, 1.165) is 41.5 Å². The van der Waals surface area contributed by atoms with E-state index in [1.165, 1.54) is 0 Å². The van der Waals surface area contributed by atoms with E-state index in [-0.39, 0.29) is 0 Å². The summed E-state index contributed by atoms with van der Waals surface area (Å²) in [6.07, 6.45) is -99.8. The Morgan fingerprint density at radius 1 is 0.304 bits per heavy atom. The van der Waals surface area contributed by atoms with Crippen molar-refractivity contribution in [2.75, 3.05) is 66.1 Å². The highest BCUT2D eigenvalue weighted by Crippen LogP contribution is 2.43. The first-order valence-electron chi connectivity index (χ1n) is 42.7. The van der Waals surface area contributed by atoms with Crippen molar-refractivity contribution < 1.29 is 267 Å². The molecule has 135 heavy (non-hydrogen) atoms. The predicted octanol–water partition coefficient (Wildman–Crippen LogP) is -22.7. The fraction of sp³-hybridized carbons (Fsp3) is 0.907. The second-order valence-corrected chi connectivity index (χ2v) is 33.9. The van der Waals surface area contributed by atoms with E-state index >= 15 is 0 Å². The molecule has 6 amide bonds. The summed E-state index contributed by atoms with van der Waals surface area (Å²) in [5.74, 6) is -10.9. The van der Waals surface area contributed by atoms with E-state index in [0.29, 0.717) is 0 Å². The molecule has 0 aromatic heterocycles. The van der Waals surface area contributed by atoms with Crippen molar-refractivity contribution in [1.29, 1.82) is 0 Å². The SMILES string of the molecule is CC(=O)N[C@@H]1[C@@H](O)[C@H](O[C@@H]2O[C@H](CO)[C@@H](O[C@@H]3O[C@H](CO[C@H]4O[C@H](CO)[C@@H](O)[C@H](O)[C@@H]4O[C@@H]4O[C@H](CO)[C@@H](O[C@@H]5O[C@H](CO[C@]6(C(=O)O)C[C@H](O)[C@@H](NC(C)=O)[C@H]([C@H](O)[C@H](O)CO)O6)[C@H](O)[C@H](O)[C@H]5O)[C@H](O)[C@H]4NC(C)=O)[C@@H](O[C@@H]4O[C@H](CO)[C@@H](O)[C@H](O)[C@H]4NC(C)=O)[C@H](O[C@H]4O[C@H](CO)[C@@H](O)[C@H](O)[C@@H]4O[C@@H]4O[C@H](CO)[C@@H](O)[C@H](O)[C@H]4NC(C)=O)[C@@H]3O)[C@H](O)[C@H]2NC(C)=O)[C@@H](CO)O[C@H]1O. The molecule has 0 aromatic carbocycles. The number of carboxylic acids is 1. The fourth-order valence-electron chi connectivity index (χ4n) is 17.3. The third-order valence-corrected chi connectivity index (χ3v) is 24.3. The summed E-state index contributed by atoms with van der Waals surface area (Å²) in [6, 6.07) is -11.5. The molecule has 60 nitrogen and oxygen atoms in total. The van der Waals surface area contributed by atoms with Crippen LogP contribution >= 0.6 is 0 Å². The molecular formula is C75H124N6O54. The summed E-state index contributed by atoms with van der Waals surface area (Å²) >= 11 is 0. The van der Waals surface area contributed by atoms with E-state index in [2.05, 4.69) is 31.9 Å². The average Bonchev–Trinajstić information content (AvgIpc) is 0.759. The van der Waals surface area contributed by atoms with Gasteiger partial charge in [-0.05, 0) is 0 Å². The molecule has 10 rings (SSSR count). The van der Waals surface area contributed by atoms with Crippen molar-refractivity contribution >= 4 is 41.4 Å².